The minimum absolute atomic E-state index is 0. The number of rotatable bonds is 15. The van der Waals surface area contributed by atoms with Gasteiger partial charge in [-0.3, -0.25) is 19.2 Å². The molecular formula is C26H49Cl2N5O6. The van der Waals surface area contributed by atoms with Gasteiger partial charge in [0.1, 0.15) is 6.04 Å². The lowest BCUT2D eigenvalue weighted by atomic mass is 9.84. The van der Waals surface area contributed by atoms with Crippen molar-refractivity contribution in [3.63, 3.8) is 0 Å². The second-order valence-corrected chi connectivity index (χ2v) is 11.2. The lowest BCUT2D eigenvalue weighted by Crippen LogP contribution is -2.56. The molecule has 0 radical (unpaired) electrons. The van der Waals surface area contributed by atoms with Crippen molar-refractivity contribution in [1.29, 1.82) is 0 Å². The van der Waals surface area contributed by atoms with Crippen LogP contribution in [-0.2, 0) is 19.2 Å². The van der Waals surface area contributed by atoms with E-state index in [0.29, 0.717) is 11.8 Å². The van der Waals surface area contributed by atoms with Crippen molar-refractivity contribution in [3.05, 3.63) is 0 Å². The summed E-state index contributed by atoms with van der Waals surface area (Å²) in [4.78, 5) is 49.4. The van der Waals surface area contributed by atoms with E-state index < -0.39 is 35.8 Å². The molecule has 2 saturated heterocycles. The van der Waals surface area contributed by atoms with Crippen LogP contribution in [0.15, 0.2) is 0 Å². The van der Waals surface area contributed by atoms with E-state index in [4.69, 9.17) is 5.11 Å². The van der Waals surface area contributed by atoms with Crippen molar-refractivity contribution in [2.45, 2.75) is 83.2 Å². The molecule has 39 heavy (non-hydrogen) atoms. The molecule has 2 fully saturated rings. The topological polar surface area (TPSA) is 169 Å². The molecule has 0 aromatic heterocycles. The Bertz CT molecular complexity index is 739. The minimum Gasteiger partial charge on any atom is -0.481 e. The number of hydrogen-bond donors (Lipinski definition) is 7. The highest BCUT2D eigenvalue weighted by Gasteiger charge is 2.29. The molecule has 2 rings (SSSR count). The smallest absolute Gasteiger partial charge is 0.305 e. The standard InChI is InChI=1S/C26H47N5O6.2ClH/c1-26(2,17-32)31-25(37)21(15-23(34)35)30-22(33)16-29-24(36)20(5-3-18-7-11-27-12-8-18)6-4-19-9-13-28-14-10-19;;/h18-21,27-28,32H,3-17H2,1-2H3,(H,29,36)(H,30,33)(H,31,37)(H,34,35);2*1H/t21-;;/m0../s1. The number of carbonyl (C=O) groups excluding carboxylic acids is 3. The number of carboxylic acid groups (broad SMARTS) is 1. The first kappa shape index (κ1) is 37.3. The molecule has 0 saturated carbocycles. The van der Waals surface area contributed by atoms with Crippen LogP contribution in [0, 0.1) is 17.8 Å². The molecule has 7 N–H and O–H groups in total. The third kappa shape index (κ3) is 15.1. The van der Waals surface area contributed by atoms with Crippen LogP contribution in [-0.4, -0.2) is 84.8 Å². The number of carboxylic acids is 1. The van der Waals surface area contributed by atoms with E-state index >= 15 is 0 Å². The summed E-state index contributed by atoms with van der Waals surface area (Å²) in [5.41, 5.74) is -0.969. The molecule has 0 aromatic rings. The van der Waals surface area contributed by atoms with Gasteiger partial charge in [-0.15, -0.1) is 24.8 Å². The predicted octanol–water partition coefficient (Wildman–Crippen LogP) is 0.969. The summed E-state index contributed by atoms with van der Waals surface area (Å²) in [7, 11) is 0. The molecule has 228 valence electrons. The maximum Gasteiger partial charge on any atom is 0.305 e. The summed E-state index contributed by atoms with van der Waals surface area (Å²) >= 11 is 0. The largest absolute Gasteiger partial charge is 0.481 e. The SMILES string of the molecule is CC(C)(CO)NC(=O)[C@H](CC(=O)O)NC(=O)CNC(=O)C(CCC1CCNCC1)CCC1CCNCC1.Cl.Cl. The van der Waals surface area contributed by atoms with Gasteiger partial charge in [0.2, 0.25) is 17.7 Å². The van der Waals surface area contributed by atoms with E-state index in [9.17, 15) is 24.3 Å². The van der Waals surface area contributed by atoms with Crippen LogP contribution < -0.4 is 26.6 Å². The molecule has 0 bridgehead atoms. The third-order valence-corrected chi connectivity index (χ3v) is 7.45. The molecular weight excluding hydrogens is 549 g/mol. The van der Waals surface area contributed by atoms with Crippen molar-refractivity contribution in [1.82, 2.24) is 26.6 Å². The van der Waals surface area contributed by atoms with E-state index in [1.54, 1.807) is 13.8 Å². The Morgan fingerprint density at radius 1 is 0.872 bits per heavy atom. The van der Waals surface area contributed by atoms with Gasteiger partial charge in [-0.1, -0.05) is 0 Å². The van der Waals surface area contributed by atoms with E-state index in [2.05, 4.69) is 26.6 Å². The first-order chi connectivity index (χ1) is 17.6. The fourth-order valence-electron chi connectivity index (χ4n) is 5.02. The Labute approximate surface area is 244 Å². The van der Waals surface area contributed by atoms with Gasteiger partial charge in [-0.25, -0.2) is 0 Å². The maximum atomic E-state index is 13.1. The highest BCUT2D eigenvalue weighted by molar-refractivity contribution is 5.92. The molecule has 1 atom stereocenters. The molecule has 0 spiro atoms. The summed E-state index contributed by atoms with van der Waals surface area (Å²) < 4.78 is 0. The number of amides is 3. The maximum absolute atomic E-state index is 13.1. The van der Waals surface area contributed by atoms with Crippen molar-refractivity contribution in [3.8, 4) is 0 Å². The predicted molar refractivity (Wildman–Crippen MR) is 154 cm³/mol. The second kappa shape index (κ2) is 19.4. The van der Waals surface area contributed by atoms with Gasteiger partial charge in [0.25, 0.3) is 0 Å². The van der Waals surface area contributed by atoms with Crippen LogP contribution in [0.2, 0.25) is 0 Å². The van der Waals surface area contributed by atoms with E-state index in [1.165, 1.54) is 0 Å². The molecule has 2 aliphatic rings. The highest BCUT2D eigenvalue weighted by Crippen LogP contribution is 2.26. The van der Waals surface area contributed by atoms with Crippen molar-refractivity contribution >= 4 is 48.5 Å². The Morgan fingerprint density at radius 2 is 1.36 bits per heavy atom. The Kier molecular flexibility index (Phi) is 18.6. The van der Waals surface area contributed by atoms with Crippen LogP contribution in [0.3, 0.4) is 0 Å². The first-order valence-electron chi connectivity index (χ1n) is 13.7. The normalized spacial score (nSPS) is 17.3. The van der Waals surface area contributed by atoms with Crippen LogP contribution in [0.1, 0.15) is 71.6 Å². The Hall–Kier alpha value is -1.66. The monoisotopic (exact) mass is 597 g/mol. The van der Waals surface area contributed by atoms with E-state index in [1.807, 2.05) is 0 Å². The first-order valence-corrected chi connectivity index (χ1v) is 13.7. The van der Waals surface area contributed by atoms with Crippen LogP contribution in [0.4, 0.5) is 0 Å². The van der Waals surface area contributed by atoms with Crippen LogP contribution >= 0.6 is 24.8 Å². The highest BCUT2D eigenvalue weighted by atomic mass is 35.5. The zero-order valence-corrected chi connectivity index (χ0v) is 24.9. The zero-order valence-electron chi connectivity index (χ0n) is 23.3. The van der Waals surface area contributed by atoms with Gasteiger partial charge in [-0.05, 0) is 103 Å². The quantitative estimate of drug-likeness (QED) is 0.146. The Balaban J connectivity index is 0.00000722. The number of aliphatic hydroxyl groups is 1. The molecule has 0 aliphatic carbocycles. The average molecular weight is 599 g/mol. The molecule has 13 heteroatoms. The fraction of sp³-hybridized carbons (Fsp3) is 0.846. The van der Waals surface area contributed by atoms with Gasteiger partial charge >= 0.3 is 5.97 Å². The summed E-state index contributed by atoms with van der Waals surface area (Å²) in [6.45, 7) is 6.53. The summed E-state index contributed by atoms with van der Waals surface area (Å²) in [5, 5.41) is 32.9. The number of hydrogen-bond acceptors (Lipinski definition) is 7. The van der Waals surface area contributed by atoms with Gasteiger partial charge in [-0.2, -0.15) is 0 Å². The summed E-state index contributed by atoms with van der Waals surface area (Å²) in [5.74, 6) is -1.72. The number of piperidine rings is 2. The lowest BCUT2D eigenvalue weighted by molar-refractivity contribution is -0.141. The van der Waals surface area contributed by atoms with Crippen LogP contribution in [0.25, 0.3) is 0 Å². The van der Waals surface area contributed by atoms with E-state index in [0.717, 1.165) is 77.5 Å². The number of aliphatic hydroxyl groups excluding tert-OH is 1. The van der Waals surface area contributed by atoms with Gasteiger partial charge in [0.05, 0.1) is 25.1 Å². The van der Waals surface area contributed by atoms with Crippen molar-refractivity contribution < 1.29 is 29.4 Å². The van der Waals surface area contributed by atoms with Crippen molar-refractivity contribution in [2.75, 3.05) is 39.3 Å². The molecule has 0 aromatic carbocycles. The fourth-order valence-corrected chi connectivity index (χ4v) is 5.02. The number of halogens is 2. The number of nitrogens with one attached hydrogen (secondary N) is 5. The minimum atomic E-state index is -1.32. The summed E-state index contributed by atoms with van der Waals surface area (Å²) in [6.07, 6.45) is 7.39. The second-order valence-electron chi connectivity index (χ2n) is 11.2. The average Bonchev–Trinajstić information content (AvgIpc) is 2.87. The van der Waals surface area contributed by atoms with Gasteiger partial charge in [0, 0.05) is 5.92 Å². The zero-order chi connectivity index (χ0) is 27.3. The number of carbonyl (C=O) groups is 4. The Morgan fingerprint density at radius 3 is 1.79 bits per heavy atom. The molecule has 11 nitrogen and oxygen atoms in total. The van der Waals surface area contributed by atoms with Gasteiger partial charge in [0.15, 0.2) is 0 Å². The molecule has 3 amide bonds. The lowest BCUT2D eigenvalue weighted by Gasteiger charge is -2.27. The summed E-state index contributed by atoms with van der Waals surface area (Å²) in [6, 6.07) is -1.32. The number of aliphatic carboxylic acids is 1. The molecule has 0 unspecified atom stereocenters. The molecule has 2 aliphatic heterocycles. The van der Waals surface area contributed by atoms with Crippen LogP contribution in [0.5, 0.6) is 0 Å². The van der Waals surface area contributed by atoms with E-state index in [-0.39, 0.29) is 49.8 Å². The van der Waals surface area contributed by atoms with Crippen molar-refractivity contribution in [2.24, 2.45) is 17.8 Å². The molecule has 2 heterocycles. The van der Waals surface area contributed by atoms with Gasteiger partial charge < -0.3 is 36.8 Å². The third-order valence-electron chi connectivity index (χ3n) is 7.45.